The van der Waals surface area contributed by atoms with Gasteiger partial charge in [0.1, 0.15) is 0 Å². The van der Waals surface area contributed by atoms with E-state index in [2.05, 4.69) is 13.8 Å². The van der Waals surface area contributed by atoms with E-state index in [0.29, 0.717) is 12.5 Å². The number of hydrogen-bond donors (Lipinski definition) is 2. The summed E-state index contributed by atoms with van der Waals surface area (Å²) in [4.78, 5) is 0. The lowest BCUT2D eigenvalue weighted by Crippen LogP contribution is -2.30. The summed E-state index contributed by atoms with van der Waals surface area (Å²) >= 11 is 0. The monoisotopic (exact) mass is 204 g/mol. The van der Waals surface area contributed by atoms with E-state index < -0.39 is 5.79 Å². The van der Waals surface area contributed by atoms with Crippen LogP contribution in [0.15, 0.2) is 0 Å². The van der Waals surface area contributed by atoms with Crippen molar-refractivity contribution in [2.45, 2.75) is 52.2 Å². The molecule has 0 bridgehead atoms. The molecule has 3 heteroatoms. The maximum Gasteiger partial charge on any atom is 0.183 e. The minimum absolute atomic E-state index is 0.00441. The van der Waals surface area contributed by atoms with Crippen molar-refractivity contribution in [3.63, 3.8) is 0 Å². The Labute approximate surface area is 87.1 Å². The van der Waals surface area contributed by atoms with E-state index in [1.54, 1.807) is 0 Å². The molecule has 86 valence electrons. The quantitative estimate of drug-likeness (QED) is 0.469. The van der Waals surface area contributed by atoms with Crippen molar-refractivity contribution >= 4 is 0 Å². The van der Waals surface area contributed by atoms with Crippen molar-refractivity contribution in [3.05, 3.63) is 0 Å². The molecule has 0 saturated carbocycles. The fourth-order valence-corrected chi connectivity index (χ4v) is 1.48. The van der Waals surface area contributed by atoms with Gasteiger partial charge in [0, 0.05) is 6.61 Å². The van der Waals surface area contributed by atoms with Crippen molar-refractivity contribution in [2.24, 2.45) is 5.92 Å². The van der Waals surface area contributed by atoms with Crippen LogP contribution in [0, 0.1) is 5.92 Å². The average molecular weight is 204 g/mol. The lowest BCUT2D eigenvalue weighted by Gasteiger charge is -2.17. The van der Waals surface area contributed by atoms with Crippen molar-refractivity contribution in [2.75, 3.05) is 13.2 Å². The minimum atomic E-state index is -1.69. The normalized spacial score (nSPS) is 14.4. The van der Waals surface area contributed by atoms with E-state index in [0.717, 1.165) is 6.42 Å². The second-order valence-electron chi connectivity index (χ2n) is 4.12. The molecule has 0 saturated heterocycles. The summed E-state index contributed by atoms with van der Waals surface area (Å²) in [6.45, 7) is 6.31. The smallest absolute Gasteiger partial charge is 0.183 e. The van der Waals surface area contributed by atoms with Gasteiger partial charge >= 0.3 is 0 Å². The second kappa shape index (κ2) is 7.21. The molecule has 1 unspecified atom stereocenters. The Bertz CT molecular complexity index is 129. The summed E-state index contributed by atoms with van der Waals surface area (Å²) in [6, 6.07) is 0. The number of hydrogen-bond acceptors (Lipinski definition) is 3. The molecular formula is C11H24O3. The molecule has 0 aliphatic carbocycles. The summed E-state index contributed by atoms with van der Waals surface area (Å²) < 4.78 is 5.18. The van der Waals surface area contributed by atoms with Crippen molar-refractivity contribution in [1.29, 1.82) is 0 Å². The molecule has 0 rings (SSSR count). The van der Waals surface area contributed by atoms with Crippen LogP contribution < -0.4 is 0 Å². The van der Waals surface area contributed by atoms with Gasteiger partial charge in [-0.25, -0.2) is 0 Å². The largest absolute Gasteiger partial charge is 0.376 e. The van der Waals surface area contributed by atoms with E-state index >= 15 is 0 Å². The first-order chi connectivity index (χ1) is 6.49. The van der Waals surface area contributed by atoms with Gasteiger partial charge in [0.05, 0.1) is 6.61 Å². The zero-order chi connectivity index (χ0) is 11.0. The third-order valence-corrected chi connectivity index (χ3v) is 2.32. The fraction of sp³-hybridized carbons (Fsp3) is 1.00. The average Bonchev–Trinajstić information content (AvgIpc) is 2.08. The summed E-state index contributed by atoms with van der Waals surface area (Å²) in [5.74, 6) is -0.976. The van der Waals surface area contributed by atoms with Crippen LogP contribution in [0.2, 0.25) is 0 Å². The molecule has 0 fully saturated rings. The van der Waals surface area contributed by atoms with Gasteiger partial charge in [-0.1, -0.05) is 33.1 Å². The van der Waals surface area contributed by atoms with Crippen LogP contribution in [0.25, 0.3) is 0 Å². The number of rotatable bonds is 8. The van der Waals surface area contributed by atoms with Crippen LogP contribution in [0.1, 0.15) is 46.5 Å². The van der Waals surface area contributed by atoms with Crippen LogP contribution in [0.4, 0.5) is 0 Å². The van der Waals surface area contributed by atoms with Crippen molar-refractivity contribution < 1.29 is 14.9 Å². The van der Waals surface area contributed by atoms with E-state index in [1.165, 1.54) is 26.2 Å². The van der Waals surface area contributed by atoms with Gasteiger partial charge in [-0.15, -0.1) is 0 Å². The highest BCUT2D eigenvalue weighted by molar-refractivity contribution is 4.57. The molecule has 2 N–H and O–H groups in total. The molecule has 0 aromatic heterocycles. The molecule has 1 atom stereocenters. The molecule has 0 aromatic carbocycles. The third kappa shape index (κ3) is 8.48. The zero-order valence-corrected chi connectivity index (χ0v) is 9.62. The molecule has 0 amide bonds. The zero-order valence-electron chi connectivity index (χ0n) is 9.62. The van der Waals surface area contributed by atoms with Gasteiger partial charge < -0.3 is 14.9 Å². The van der Waals surface area contributed by atoms with E-state index in [1.807, 2.05) is 0 Å². The van der Waals surface area contributed by atoms with Gasteiger partial charge in [0.25, 0.3) is 0 Å². The lowest BCUT2D eigenvalue weighted by molar-refractivity contribution is -0.184. The van der Waals surface area contributed by atoms with Crippen molar-refractivity contribution in [1.82, 2.24) is 0 Å². The molecular weight excluding hydrogens is 180 g/mol. The Kier molecular flexibility index (Phi) is 7.15. The highest BCUT2D eigenvalue weighted by Crippen LogP contribution is 2.15. The van der Waals surface area contributed by atoms with Gasteiger partial charge in [0.15, 0.2) is 5.79 Å². The van der Waals surface area contributed by atoms with E-state index in [4.69, 9.17) is 14.9 Å². The Morgan fingerprint density at radius 2 is 1.86 bits per heavy atom. The summed E-state index contributed by atoms with van der Waals surface area (Å²) in [5, 5.41) is 17.9. The lowest BCUT2D eigenvalue weighted by atomic mass is 9.98. The van der Waals surface area contributed by atoms with Gasteiger partial charge in [0.2, 0.25) is 0 Å². The predicted octanol–water partition coefficient (Wildman–Crippen LogP) is 1.92. The Hall–Kier alpha value is -0.120. The first-order valence-electron chi connectivity index (χ1n) is 5.52. The molecule has 0 spiro atoms. The first-order valence-corrected chi connectivity index (χ1v) is 5.52. The topological polar surface area (TPSA) is 49.7 Å². The third-order valence-electron chi connectivity index (χ3n) is 2.32. The van der Waals surface area contributed by atoms with Gasteiger partial charge in [-0.2, -0.15) is 0 Å². The molecule has 3 nitrogen and oxygen atoms in total. The summed E-state index contributed by atoms with van der Waals surface area (Å²) in [6.07, 6.45) is 4.62. The Morgan fingerprint density at radius 3 is 2.29 bits per heavy atom. The SMILES string of the molecule is CCCC(CC)CCOCC(C)(O)O. The maximum atomic E-state index is 8.97. The standard InChI is InChI=1S/C11H24O3/c1-4-6-10(5-2)7-8-14-9-11(3,12)13/h10,12-13H,4-9H2,1-3H3. The van der Waals surface area contributed by atoms with Crippen molar-refractivity contribution in [3.8, 4) is 0 Å². The second-order valence-corrected chi connectivity index (χ2v) is 4.12. The van der Waals surface area contributed by atoms with Crippen LogP contribution in [0.3, 0.4) is 0 Å². The Balaban J connectivity index is 3.42. The molecule has 0 aromatic rings. The highest BCUT2D eigenvalue weighted by atomic mass is 16.6. The summed E-state index contributed by atoms with van der Waals surface area (Å²) in [7, 11) is 0. The molecule has 0 aliphatic rings. The van der Waals surface area contributed by atoms with Crippen LogP contribution in [-0.4, -0.2) is 29.2 Å². The first kappa shape index (κ1) is 13.9. The van der Waals surface area contributed by atoms with Crippen LogP contribution in [-0.2, 0) is 4.74 Å². The Morgan fingerprint density at radius 1 is 1.21 bits per heavy atom. The highest BCUT2D eigenvalue weighted by Gasteiger charge is 2.14. The van der Waals surface area contributed by atoms with Gasteiger partial charge in [-0.3, -0.25) is 0 Å². The summed E-state index contributed by atoms with van der Waals surface area (Å²) in [5.41, 5.74) is 0. The number of aliphatic hydroxyl groups is 2. The van der Waals surface area contributed by atoms with Crippen LogP contribution in [0.5, 0.6) is 0 Å². The van der Waals surface area contributed by atoms with Gasteiger partial charge in [-0.05, 0) is 19.3 Å². The molecule has 0 radical (unpaired) electrons. The minimum Gasteiger partial charge on any atom is -0.376 e. The fourth-order valence-electron chi connectivity index (χ4n) is 1.48. The predicted molar refractivity (Wildman–Crippen MR) is 57.0 cm³/mol. The van der Waals surface area contributed by atoms with Crippen LogP contribution >= 0.6 is 0 Å². The van der Waals surface area contributed by atoms with E-state index in [-0.39, 0.29) is 6.61 Å². The van der Waals surface area contributed by atoms with E-state index in [9.17, 15) is 0 Å². The molecule has 0 aliphatic heterocycles. The number of ether oxygens (including phenoxy) is 1. The molecule has 0 heterocycles. The molecule has 14 heavy (non-hydrogen) atoms. The maximum absolute atomic E-state index is 8.97.